The fourth-order valence-electron chi connectivity index (χ4n) is 3.00. The molecule has 0 aliphatic carbocycles. The van der Waals surface area contributed by atoms with Crippen LogP contribution in [0.1, 0.15) is 10.5 Å². The van der Waals surface area contributed by atoms with Crippen LogP contribution in [0, 0.1) is 0 Å². The molecule has 8 heteroatoms. The first kappa shape index (κ1) is 19.6. The second-order valence-corrected chi connectivity index (χ2v) is 8.11. The van der Waals surface area contributed by atoms with E-state index in [0.29, 0.717) is 5.69 Å². The molecular formula is C22H18N4O3S. The highest BCUT2D eigenvalue weighted by Crippen LogP contribution is 2.24. The molecule has 150 valence electrons. The summed E-state index contributed by atoms with van der Waals surface area (Å²) < 4.78 is 24.5. The average Bonchev–Trinajstić information content (AvgIpc) is 3.20. The summed E-state index contributed by atoms with van der Waals surface area (Å²) in [7, 11) is -3.79. The minimum atomic E-state index is -3.79. The van der Waals surface area contributed by atoms with Crippen molar-refractivity contribution in [2.75, 3.05) is 5.32 Å². The van der Waals surface area contributed by atoms with Gasteiger partial charge in [-0.15, -0.1) is 0 Å². The van der Waals surface area contributed by atoms with Gasteiger partial charge in [0.25, 0.3) is 5.91 Å². The van der Waals surface area contributed by atoms with Gasteiger partial charge in [-0.1, -0.05) is 48.5 Å². The molecule has 0 radical (unpaired) electrons. The first-order valence-electron chi connectivity index (χ1n) is 9.07. The standard InChI is InChI=1S/C22H18N4O3S/c23-30(28,29)19-13-11-17(12-14-19)24-22(27)20-15-21(16-7-3-1-4-8-16)26(25-20)18-9-5-2-6-10-18/h1-15H,(H,24,27)(H2,23,28,29). The summed E-state index contributed by atoms with van der Waals surface area (Å²) in [5.74, 6) is -0.412. The van der Waals surface area contributed by atoms with E-state index in [-0.39, 0.29) is 10.6 Å². The van der Waals surface area contributed by atoms with Crippen LogP contribution in [0.2, 0.25) is 0 Å². The lowest BCUT2D eigenvalue weighted by Gasteiger charge is -2.07. The molecule has 1 aromatic heterocycles. The molecule has 30 heavy (non-hydrogen) atoms. The zero-order valence-electron chi connectivity index (χ0n) is 15.8. The second-order valence-electron chi connectivity index (χ2n) is 6.55. The van der Waals surface area contributed by atoms with Gasteiger partial charge in [-0.05, 0) is 42.5 Å². The number of benzene rings is 3. The molecule has 0 saturated heterocycles. The number of para-hydroxylation sites is 1. The Bertz CT molecular complexity index is 1230. The Morgan fingerprint density at radius 3 is 2.07 bits per heavy atom. The average molecular weight is 418 g/mol. The van der Waals surface area contributed by atoms with Crippen molar-refractivity contribution in [3.05, 3.63) is 96.7 Å². The monoisotopic (exact) mass is 418 g/mol. The molecule has 3 N–H and O–H groups in total. The molecule has 1 heterocycles. The fourth-order valence-corrected chi connectivity index (χ4v) is 3.51. The molecule has 0 aliphatic rings. The summed E-state index contributed by atoms with van der Waals surface area (Å²) >= 11 is 0. The molecule has 0 atom stereocenters. The van der Waals surface area contributed by atoms with Crippen LogP contribution in [0.25, 0.3) is 16.9 Å². The Balaban J connectivity index is 1.67. The summed E-state index contributed by atoms with van der Waals surface area (Å²) in [6, 6.07) is 26.5. The van der Waals surface area contributed by atoms with Crippen molar-refractivity contribution in [1.29, 1.82) is 0 Å². The van der Waals surface area contributed by atoms with Crippen molar-refractivity contribution >= 4 is 21.6 Å². The number of amides is 1. The van der Waals surface area contributed by atoms with E-state index in [1.54, 1.807) is 10.7 Å². The van der Waals surface area contributed by atoms with E-state index in [1.165, 1.54) is 24.3 Å². The summed E-state index contributed by atoms with van der Waals surface area (Å²) in [5.41, 5.74) is 3.19. The normalized spacial score (nSPS) is 11.2. The first-order valence-corrected chi connectivity index (χ1v) is 10.6. The Morgan fingerprint density at radius 1 is 0.867 bits per heavy atom. The van der Waals surface area contributed by atoms with E-state index in [4.69, 9.17) is 5.14 Å². The number of hydrogen-bond donors (Lipinski definition) is 2. The highest BCUT2D eigenvalue weighted by molar-refractivity contribution is 7.89. The maximum absolute atomic E-state index is 12.8. The molecule has 3 aromatic carbocycles. The third-order valence-corrected chi connectivity index (χ3v) is 5.38. The Morgan fingerprint density at radius 2 is 1.47 bits per heavy atom. The Labute approximate surface area is 173 Å². The number of anilines is 1. The number of nitrogens with zero attached hydrogens (tertiary/aromatic N) is 2. The number of primary sulfonamides is 1. The molecule has 0 spiro atoms. The summed E-state index contributed by atoms with van der Waals surface area (Å²) in [6.07, 6.45) is 0. The fraction of sp³-hybridized carbons (Fsp3) is 0. The van der Waals surface area contributed by atoms with E-state index in [0.717, 1.165) is 16.9 Å². The summed E-state index contributed by atoms with van der Waals surface area (Å²) in [4.78, 5) is 12.8. The van der Waals surface area contributed by atoms with Crippen molar-refractivity contribution in [2.24, 2.45) is 5.14 Å². The molecule has 7 nitrogen and oxygen atoms in total. The number of carbonyl (C=O) groups is 1. The molecule has 0 unspecified atom stereocenters. The third-order valence-electron chi connectivity index (χ3n) is 4.45. The number of sulfonamides is 1. The van der Waals surface area contributed by atoms with Crippen LogP contribution in [0.4, 0.5) is 5.69 Å². The molecule has 4 aromatic rings. The van der Waals surface area contributed by atoms with Gasteiger partial charge in [0, 0.05) is 11.3 Å². The van der Waals surface area contributed by atoms with Crippen LogP contribution in [0.3, 0.4) is 0 Å². The highest BCUT2D eigenvalue weighted by Gasteiger charge is 2.17. The number of rotatable bonds is 5. The van der Waals surface area contributed by atoms with E-state index < -0.39 is 15.9 Å². The van der Waals surface area contributed by atoms with Gasteiger partial charge >= 0.3 is 0 Å². The number of hydrogen-bond acceptors (Lipinski definition) is 4. The van der Waals surface area contributed by atoms with Crippen molar-refractivity contribution in [3.63, 3.8) is 0 Å². The lowest BCUT2D eigenvalue weighted by molar-refractivity contribution is 0.102. The minimum Gasteiger partial charge on any atom is -0.321 e. The minimum absolute atomic E-state index is 0.0276. The predicted octanol–water partition coefficient (Wildman–Crippen LogP) is 3.44. The van der Waals surface area contributed by atoms with Crippen LogP contribution in [-0.4, -0.2) is 24.1 Å². The van der Waals surface area contributed by atoms with Gasteiger partial charge in [0.15, 0.2) is 5.69 Å². The smallest absolute Gasteiger partial charge is 0.276 e. The van der Waals surface area contributed by atoms with Crippen LogP contribution in [0.5, 0.6) is 0 Å². The van der Waals surface area contributed by atoms with Gasteiger partial charge in [-0.2, -0.15) is 5.10 Å². The lowest BCUT2D eigenvalue weighted by atomic mass is 10.1. The van der Waals surface area contributed by atoms with Crippen molar-refractivity contribution < 1.29 is 13.2 Å². The van der Waals surface area contributed by atoms with E-state index in [2.05, 4.69) is 10.4 Å². The number of nitrogens with one attached hydrogen (secondary N) is 1. The van der Waals surface area contributed by atoms with Crippen LogP contribution >= 0.6 is 0 Å². The quantitative estimate of drug-likeness (QED) is 0.518. The largest absolute Gasteiger partial charge is 0.321 e. The molecule has 0 bridgehead atoms. The van der Waals surface area contributed by atoms with E-state index in [9.17, 15) is 13.2 Å². The topological polar surface area (TPSA) is 107 Å². The summed E-state index contributed by atoms with van der Waals surface area (Å²) in [6.45, 7) is 0. The molecular weight excluding hydrogens is 400 g/mol. The van der Waals surface area contributed by atoms with Gasteiger partial charge < -0.3 is 5.32 Å². The number of aromatic nitrogens is 2. The van der Waals surface area contributed by atoms with E-state index in [1.807, 2.05) is 60.7 Å². The van der Waals surface area contributed by atoms with Crippen molar-refractivity contribution in [2.45, 2.75) is 4.90 Å². The maximum atomic E-state index is 12.8. The second kappa shape index (κ2) is 7.94. The Hall–Kier alpha value is -3.75. The van der Waals surface area contributed by atoms with Gasteiger partial charge in [0.1, 0.15) is 0 Å². The van der Waals surface area contributed by atoms with Gasteiger partial charge in [0.05, 0.1) is 16.3 Å². The third kappa shape index (κ3) is 4.14. The maximum Gasteiger partial charge on any atom is 0.276 e. The van der Waals surface area contributed by atoms with Crippen LogP contribution in [0.15, 0.2) is 95.9 Å². The zero-order chi connectivity index (χ0) is 21.1. The van der Waals surface area contributed by atoms with Gasteiger partial charge in [0.2, 0.25) is 10.0 Å². The Kier molecular flexibility index (Phi) is 5.18. The molecule has 0 fully saturated rings. The SMILES string of the molecule is NS(=O)(=O)c1ccc(NC(=O)c2cc(-c3ccccc3)n(-c3ccccc3)n2)cc1. The van der Waals surface area contributed by atoms with E-state index >= 15 is 0 Å². The van der Waals surface area contributed by atoms with Gasteiger partial charge in [-0.3, -0.25) is 4.79 Å². The van der Waals surface area contributed by atoms with Crippen LogP contribution in [-0.2, 0) is 10.0 Å². The summed E-state index contributed by atoms with van der Waals surface area (Å²) in [5, 5.41) is 12.3. The van der Waals surface area contributed by atoms with Crippen molar-refractivity contribution in [1.82, 2.24) is 9.78 Å². The molecule has 0 aliphatic heterocycles. The first-order chi connectivity index (χ1) is 14.4. The van der Waals surface area contributed by atoms with Crippen LogP contribution < -0.4 is 10.5 Å². The predicted molar refractivity (Wildman–Crippen MR) is 115 cm³/mol. The zero-order valence-corrected chi connectivity index (χ0v) is 16.6. The van der Waals surface area contributed by atoms with Gasteiger partial charge in [-0.25, -0.2) is 18.2 Å². The molecule has 1 amide bonds. The van der Waals surface area contributed by atoms with Crippen molar-refractivity contribution in [3.8, 4) is 16.9 Å². The number of nitrogens with two attached hydrogens (primary N) is 1. The lowest BCUT2D eigenvalue weighted by Crippen LogP contribution is -2.14. The molecule has 0 saturated carbocycles. The molecule has 4 rings (SSSR count). The number of carbonyl (C=O) groups excluding carboxylic acids is 1. The highest BCUT2D eigenvalue weighted by atomic mass is 32.2.